The fraction of sp³-hybridized carbons (Fsp3) is 0.370. The van der Waals surface area contributed by atoms with E-state index in [-0.39, 0.29) is 24.0 Å². The topological polar surface area (TPSA) is 76.2 Å². The second-order valence-corrected chi connectivity index (χ2v) is 10.6. The van der Waals surface area contributed by atoms with Crippen molar-refractivity contribution in [3.8, 4) is 11.5 Å². The molecule has 2 heterocycles. The van der Waals surface area contributed by atoms with E-state index < -0.39 is 11.1 Å². The fourth-order valence-corrected chi connectivity index (χ4v) is 5.44. The van der Waals surface area contributed by atoms with Gasteiger partial charge < -0.3 is 14.4 Å². The van der Waals surface area contributed by atoms with Crippen molar-refractivity contribution in [2.24, 2.45) is 0 Å². The van der Waals surface area contributed by atoms with Crippen LogP contribution in [0.2, 0.25) is 10.0 Å². The molecule has 0 saturated carbocycles. The van der Waals surface area contributed by atoms with E-state index in [4.69, 9.17) is 32.7 Å². The molecule has 0 bridgehead atoms. The molecule has 10 heteroatoms. The number of ether oxygens (including phenoxy) is 2. The highest BCUT2D eigenvalue weighted by molar-refractivity contribution is 8.18. The van der Waals surface area contributed by atoms with Gasteiger partial charge in [0.1, 0.15) is 13.2 Å². The van der Waals surface area contributed by atoms with Gasteiger partial charge in [-0.1, -0.05) is 48.2 Å². The van der Waals surface area contributed by atoms with Crippen molar-refractivity contribution >= 4 is 58.1 Å². The van der Waals surface area contributed by atoms with Gasteiger partial charge in [-0.2, -0.15) is 0 Å². The number of imide groups is 1. The molecule has 2 aromatic carbocycles. The summed E-state index contributed by atoms with van der Waals surface area (Å²) in [5, 5.41) is 0.611. The average Bonchev–Trinajstić information content (AvgIpc) is 3.05. The van der Waals surface area contributed by atoms with Crippen LogP contribution in [0.3, 0.4) is 0 Å². The van der Waals surface area contributed by atoms with Crippen molar-refractivity contribution in [2.45, 2.75) is 39.2 Å². The van der Waals surface area contributed by atoms with E-state index in [1.54, 1.807) is 47.4 Å². The standard InChI is InChI=1S/C27H28Cl2N2O5S/c1-2-35-23-13-18(7-10-22(23)36-17-19-8-9-20(28)15-21(19)29)14-24-26(33)31(27(34)37-24)16-25(32)30-11-5-3-4-6-12-30/h7-10,13-15H,2-6,11-12,16-17H2,1H3. The third kappa shape index (κ3) is 7.00. The zero-order chi connectivity index (χ0) is 26.4. The lowest BCUT2D eigenvalue weighted by molar-refractivity contribution is -0.135. The normalized spacial score (nSPS) is 17.3. The van der Waals surface area contributed by atoms with Gasteiger partial charge in [-0.25, -0.2) is 0 Å². The summed E-state index contributed by atoms with van der Waals surface area (Å²) in [5.74, 6) is 0.360. The van der Waals surface area contributed by atoms with E-state index in [1.165, 1.54) is 0 Å². The van der Waals surface area contributed by atoms with Crippen LogP contribution >= 0.6 is 35.0 Å². The van der Waals surface area contributed by atoms with Crippen LogP contribution in [0.25, 0.3) is 6.08 Å². The minimum Gasteiger partial charge on any atom is -0.490 e. The Bertz CT molecular complexity index is 1210. The maximum Gasteiger partial charge on any atom is 0.294 e. The van der Waals surface area contributed by atoms with Crippen LogP contribution in [0.4, 0.5) is 4.79 Å². The summed E-state index contributed by atoms with van der Waals surface area (Å²) in [4.78, 5) is 41.3. The SMILES string of the molecule is CCOc1cc(C=C2SC(=O)N(CC(=O)N3CCCCCC3)C2=O)ccc1OCc1ccc(Cl)cc1Cl. The van der Waals surface area contributed by atoms with E-state index >= 15 is 0 Å². The number of carbonyl (C=O) groups excluding carboxylic acids is 3. The molecular formula is C27H28Cl2N2O5S. The van der Waals surface area contributed by atoms with Gasteiger partial charge in [0.25, 0.3) is 11.1 Å². The van der Waals surface area contributed by atoms with E-state index in [0.29, 0.717) is 46.8 Å². The Labute approximate surface area is 230 Å². The lowest BCUT2D eigenvalue weighted by Crippen LogP contribution is -2.42. The van der Waals surface area contributed by atoms with Crippen molar-refractivity contribution in [3.05, 3.63) is 62.5 Å². The summed E-state index contributed by atoms with van der Waals surface area (Å²) in [5.41, 5.74) is 1.45. The van der Waals surface area contributed by atoms with Gasteiger partial charge >= 0.3 is 0 Å². The Morgan fingerprint density at radius 1 is 1.00 bits per heavy atom. The summed E-state index contributed by atoms with van der Waals surface area (Å²) in [6.45, 7) is 3.61. The highest BCUT2D eigenvalue weighted by Crippen LogP contribution is 2.35. The predicted octanol–water partition coefficient (Wildman–Crippen LogP) is 6.41. The van der Waals surface area contributed by atoms with E-state index in [1.807, 2.05) is 6.92 Å². The number of rotatable bonds is 8. The quantitative estimate of drug-likeness (QED) is 0.346. The Hall–Kier alpha value is -2.68. The lowest BCUT2D eigenvalue weighted by atomic mass is 10.1. The molecule has 0 radical (unpaired) electrons. The molecule has 0 spiro atoms. The van der Waals surface area contributed by atoms with Crippen molar-refractivity contribution in [1.82, 2.24) is 9.80 Å². The zero-order valence-electron chi connectivity index (χ0n) is 20.5. The minimum atomic E-state index is -0.464. The molecule has 2 aromatic rings. The predicted molar refractivity (Wildman–Crippen MR) is 146 cm³/mol. The van der Waals surface area contributed by atoms with Crippen LogP contribution < -0.4 is 9.47 Å². The Morgan fingerprint density at radius 2 is 1.76 bits per heavy atom. The minimum absolute atomic E-state index is 0.189. The highest BCUT2D eigenvalue weighted by atomic mass is 35.5. The monoisotopic (exact) mass is 562 g/mol. The molecule has 0 N–H and O–H groups in total. The van der Waals surface area contributed by atoms with Gasteiger partial charge in [-0.15, -0.1) is 0 Å². The lowest BCUT2D eigenvalue weighted by Gasteiger charge is -2.22. The van der Waals surface area contributed by atoms with Crippen LogP contribution in [0.5, 0.6) is 11.5 Å². The number of thioether (sulfide) groups is 1. The molecular weight excluding hydrogens is 535 g/mol. The Kier molecular flexibility index (Phi) is 9.40. The van der Waals surface area contributed by atoms with Crippen molar-refractivity contribution in [3.63, 3.8) is 0 Å². The van der Waals surface area contributed by atoms with Gasteiger partial charge in [0, 0.05) is 28.7 Å². The first-order valence-corrected chi connectivity index (χ1v) is 13.8. The molecule has 196 valence electrons. The maximum absolute atomic E-state index is 13.0. The molecule has 3 amide bonds. The molecule has 0 unspecified atom stereocenters. The number of carbonyl (C=O) groups is 3. The van der Waals surface area contributed by atoms with Crippen LogP contribution in [0.1, 0.15) is 43.7 Å². The second-order valence-electron chi connectivity index (χ2n) is 8.73. The first kappa shape index (κ1) is 27.4. The molecule has 7 nitrogen and oxygen atoms in total. The highest BCUT2D eigenvalue weighted by Gasteiger charge is 2.37. The van der Waals surface area contributed by atoms with Gasteiger partial charge in [0.2, 0.25) is 5.91 Å². The summed E-state index contributed by atoms with van der Waals surface area (Å²) >= 11 is 13.0. The van der Waals surface area contributed by atoms with E-state index in [0.717, 1.165) is 47.9 Å². The summed E-state index contributed by atoms with van der Waals surface area (Å²) in [6.07, 6.45) is 5.71. The number of hydrogen-bond acceptors (Lipinski definition) is 6. The fourth-order valence-electron chi connectivity index (χ4n) is 4.14. The van der Waals surface area contributed by atoms with Gasteiger partial charge in [0.15, 0.2) is 11.5 Å². The van der Waals surface area contributed by atoms with Gasteiger partial charge in [0.05, 0.1) is 11.5 Å². The molecule has 37 heavy (non-hydrogen) atoms. The zero-order valence-corrected chi connectivity index (χ0v) is 22.8. The van der Waals surface area contributed by atoms with Crippen molar-refractivity contribution in [2.75, 3.05) is 26.2 Å². The van der Waals surface area contributed by atoms with E-state index in [9.17, 15) is 14.4 Å². The van der Waals surface area contributed by atoms with Gasteiger partial charge in [-0.05, 0) is 67.4 Å². The second kappa shape index (κ2) is 12.7. The van der Waals surface area contributed by atoms with Crippen molar-refractivity contribution in [1.29, 1.82) is 0 Å². The number of amides is 3. The smallest absolute Gasteiger partial charge is 0.294 e. The summed E-state index contributed by atoms with van der Waals surface area (Å²) < 4.78 is 11.7. The molecule has 0 atom stereocenters. The van der Waals surface area contributed by atoms with E-state index in [2.05, 4.69) is 0 Å². The first-order chi connectivity index (χ1) is 17.9. The van der Waals surface area contributed by atoms with Crippen LogP contribution in [-0.2, 0) is 16.2 Å². The largest absolute Gasteiger partial charge is 0.490 e. The average molecular weight is 564 g/mol. The number of likely N-dealkylation sites (tertiary alicyclic amines) is 1. The molecule has 4 rings (SSSR count). The number of benzene rings is 2. The molecule has 2 fully saturated rings. The number of nitrogens with zero attached hydrogens (tertiary/aromatic N) is 2. The third-order valence-corrected chi connectivity index (χ3v) is 7.58. The molecule has 2 aliphatic rings. The molecule has 0 aromatic heterocycles. The summed E-state index contributed by atoms with van der Waals surface area (Å²) in [7, 11) is 0. The third-order valence-electron chi connectivity index (χ3n) is 6.09. The molecule has 2 aliphatic heterocycles. The number of hydrogen-bond donors (Lipinski definition) is 0. The number of halogens is 2. The maximum atomic E-state index is 13.0. The summed E-state index contributed by atoms with van der Waals surface area (Å²) in [6, 6.07) is 10.5. The Balaban J connectivity index is 1.46. The van der Waals surface area contributed by atoms with Crippen LogP contribution in [0, 0.1) is 0 Å². The first-order valence-electron chi connectivity index (χ1n) is 12.2. The molecule has 0 aliphatic carbocycles. The molecule has 2 saturated heterocycles. The van der Waals surface area contributed by atoms with Crippen molar-refractivity contribution < 1.29 is 23.9 Å². The van der Waals surface area contributed by atoms with Crippen LogP contribution in [-0.4, -0.2) is 53.1 Å². The van der Waals surface area contributed by atoms with Crippen LogP contribution in [0.15, 0.2) is 41.3 Å². The van der Waals surface area contributed by atoms with Gasteiger partial charge in [-0.3, -0.25) is 19.3 Å². The Morgan fingerprint density at radius 3 is 2.46 bits per heavy atom.